The van der Waals surface area contributed by atoms with Crippen molar-refractivity contribution in [1.29, 1.82) is 0 Å². The van der Waals surface area contributed by atoms with Gasteiger partial charge in [-0.1, -0.05) is 174 Å². The van der Waals surface area contributed by atoms with Gasteiger partial charge in [0.2, 0.25) is 35.4 Å². The Morgan fingerprint density at radius 1 is 0.386 bits per heavy atom. The van der Waals surface area contributed by atoms with Crippen molar-refractivity contribution in [1.82, 2.24) is 37.2 Å². The molecule has 0 radical (unpaired) electrons. The first-order valence-electron chi connectivity index (χ1n) is 34.7. The molecule has 0 saturated heterocycles. The SMILES string of the molecule is CCCCCCCCCCCCCCCCOC(=O)NCCSCC(NC(=O)CCCCCCCCCCCCCCC)C(=O)NC(CO)C(=O)NC(CCCCN)C(=O)NC(CCCCN)C(=O)NC(CCCCN)C(=O)NC(CCCCN)C(=O)O. The largest absolute Gasteiger partial charge is 0.480 e. The second-order valence-electron chi connectivity index (χ2n) is 23.8. The number of carboxylic acid groups (broad SMARTS) is 1. The second kappa shape index (κ2) is 60.3. The number of hydrogen-bond acceptors (Lipinski definition) is 15. The molecule has 7 amide bonds. The molecule has 0 aromatic heterocycles. The summed E-state index contributed by atoms with van der Waals surface area (Å²) in [5.41, 5.74) is 22.9. The summed E-state index contributed by atoms with van der Waals surface area (Å²) < 4.78 is 5.40. The van der Waals surface area contributed by atoms with Gasteiger partial charge in [0, 0.05) is 24.5 Å². The number of nitrogens with two attached hydrogens (primary N) is 4. The normalized spacial score (nSPS) is 13.3. The molecule has 22 nitrogen and oxygen atoms in total. The van der Waals surface area contributed by atoms with Crippen molar-refractivity contribution in [3.63, 3.8) is 0 Å². The minimum Gasteiger partial charge on any atom is -0.480 e. The lowest BCUT2D eigenvalue weighted by molar-refractivity contribution is -0.142. The van der Waals surface area contributed by atoms with Gasteiger partial charge in [0.25, 0.3) is 0 Å². The van der Waals surface area contributed by atoms with Crippen LogP contribution in [-0.4, -0.2) is 151 Å². The van der Waals surface area contributed by atoms with Crippen LogP contribution in [0.3, 0.4) is 0 Å². The molecule has 6 unspecified atom stereocenters. The fraction of sp³-hybridized carbons (Fsp3) is 0.877. The first-order chi connectivity index (χ1) is 42.7. The predicted molar refractivity (Wildman–Crippen MR) is 355 cm³/mol. The molecule has 514 valence electrons. The number of aliphatic hydroxyl groups is 1. The van der Waals surface area contributed by atoms with Crippen molar-refractivity contribution < 1.29 is 53.3 Å². The lowest BCUT2D eigenvalue weighted by Crippen LogP contribution is -2.60. The van der Waals surface area contributed by atoms with Crippen molar-refractivity contribution in [3.8, 4) is 0 Å². The lowest BCUT2D eigenvalue weighted by atomic mass is 10.0. The Labute approximate surface area is 534 Å². The Kier molecular flexibility index (Phi) is 57.3. The zero-order chi connectivity index (χ0) is 65.1. The molecule has 0 fully saturated rings. The maximum Gasteiger partial charge on any atom is 0.407 e. The van der Waals surface area contributed by atoms with Gasteiger partial charge in [0.1, 0.15) is 36.3 Å². The zero-order valence-corrected chi connectivity index (χ0v) is 55.7. The van der Waals surface area contributed by atoms with E-state index in [-0.39, 0.29) is 56.9 Å². The monoisotopic (exact) mass is 1270 g/mol. The van der Waals surface area contributed by atoms with Gasteiger partial charge in [-0.25, -0.2) is 9.59 Å². The van der Waals surface area contributed by atoms with E-state index in [4.69, 9.17) is 27.7 Å². The summed E-state index contributed by atoms with van der Waals surface area (Å²) in [6.07, 6.45) is 36.0. The van der Waals surface area contributed by atoms with Crippen LogP contribution >= 0.6 is 11.8 Å². The fourth-order valence-corrected chi connectivity index (χ4v) is 11.2. The van der Waals surface area contributed by atoms with E-state index < -0.39 is 84.5 Å². The van der Waals surface area contributed by atoms with Gasteiger partial charge in [-0.2, -0.15) is 11.8 Å². The standard InChI is InChI=1S/C65H127N11O11S/c1-3-5-7-9-11-13-15-17-19-21-23-25-27-37-48-87-65(86)70-47-49-88-51-57(71-58(78)42-28-26-24-22-20-18-16-14-12-10-8-6-4-2)63(83)76-56(50-77)62(82)74-53(39-30-34-44-67)60(80)72-52(38-29-33-43-66)59(79)73-54(40-31-35-45-68)61(81)75-55(64(84)85)41-32-36-46-69/h52-57,77H,3-51,66-69H2,1-2H3,(H,70,86)(H,71,78)(H,72,80)(H,73,79)(H,74,82)(H,75,81)(H,76,83)(H,84,85). The van der Waals surface area contributed by atoms with Crippen molar-refractivity contribution in [2.24, 2.45) is 22.9 Å². The van der Waals surface area contributed by atoms with Crippen LogP contribution in [0.15, 0.2) is 0 Å². The Morgan fingerprint density at radius 2 is 0.705 bits per heavy atom. The van der Waals surface area contributed by atoms with Crippen LogP contribution in [0.5, 0.6) is 0 Å². The molecular weight excluding hydrogens is 1140 g/mol. The third kappa shape index (κ3) is 47.6. The molecule has 0 saturated carbocycles. The van der Waals surface area contributed by atoms with E-state index in [0.717, 1.165) is 44.9 Å². The number of alkyl carbamates (subject to hydrolysis) is 1. The van der Waals surface area contributed by atoms with Gasteiger partial charge >= 0.3 is 12.1 Å². The first-order valence-corrected chi connectivity index (χ1v) is 35.8. The quantitative estimate of drug-likeness (QED) is 0.0257. The number of ether oxygens (including phenoxy) is 1. The van der Waals surface area contributed by atoms with E-state index in [9.17, 15) is 48.6 Å². The number of carbonyl (C=O) groups excluding carboxylic acids is 7. The summed E-state index contributed by atoms with van der Waals surface area (Å²) in [6.45, 7) is 5.44. The van der Waals surface area contributed by atoms with E-state index in [1.807, 2.05) is 0 Å². The number of rotatable bonds is 63. The molecule has 0 spiro atoms. The van der Waals surface area contributed by atoms with Crippen LogP contribution in [0.4, 0.5) is 4.79 Å². The molecule has 0 aromatic carbocycles. The van der Waals surface area contributed by atoms with Gasteiger partial charge in [-0.15, -0.1) is 0 Å². The molecule has 0 rings (SSSR count). The average Bonchev–Trinajstić information content (AvgIpc) is 3.68. The molecule has 0 heterocycles. The summed E-state index contributed by atoms with van der Waals surface area (Å²) in [5, 5.41) is 39.2. The smallest absolute Gasteiger partial charge is 0.407 e. The van der Waals surface area contributed by atoms with Crippen LogP contribution in [-0.2, 0) is 38.3 Å². The second-order valence-corrected chi connectivity index (χ2v) is 25.0. The average molecular weight is 1270 g/mol. The molecular formula is C65H127N11O11S. The van der Waals surface area contributed by atoms with Gasteiger partial charge < -0.3 is 75.1 Å². The molecule has 0 aromatic rings. The topological polar surface area (TPSA) is 375 Å². The van der Waals surface area contributed by atoms with Crippen LogP contribution in [0.1, 0.15) is 271 Å². The highest BCUT2D eigenvalue weighted by molar-refractivity contribution is 7.99. The third-order valence-electron chi connectivity index (χ3n) is 15.8. The van der Waals surface area contributed by atoms with E-state index >= 15 is 0 Å². The Morgan fingerprint density at radius 3 is 1.07 bits per heavy atom. The number of aliphatic hydroxyl groups excluding tert-OH is 1. The number of carboxylic acids is 1. The highest BCUT2D eigenvalue weighted by atomic mass is 32.2. The van der Waals surface area contributed by atoms with Crippen molar-refractivity contribution in [2.45, 2.75) is 307 Å². The van der Waals surface area contributed by atoms with Gasteiger partial charge in [-0.3, -0.25) is 28.8 Å². The predicted octanol–water partition coefficient (Wildman–Crippen LogP) is 7.91. The number of unbranched alkanes of at least 4 members (excludes halogenated alkanes) is 29. The number of amides is 7. The zero-order valence-electron chi connectivity index (χ0n) is 54.9. The van der Waals surface area contributed by atoms with Crippen LogP contribution in [0, 0.1) is 0 Å². The third-order valence-corrected chi connectivity index (χ3v) is 16.9. The summed E-state index contributed by atoms with van der Waals surface area (Å²) in [6, 6.07) is -7.56. The van der Waals surface area contributed by atoms with Crippen LogP contribution in [0.25, 0.3) is 0 Å². The number of thioether (sulfide) groups is 1. The number of hydrogen-bond donors (Lipinski definition) is 13. The van der Waals surface area contributed by atoms with E-state index in [1.54, 1.807) is 0 Å². The summed E-state index contributed by atoms with van der Waals surface area (Å²) in [7, 11) is 0. The van der Waals surface area contributed by atoms with E-state index in [0.29, 0.717) is 89.8 Å². The van der Waals surface area contributed by atoms with Gasteiger partial charge in [-0.05, 0) is 116 Å². The highest BCUT2D eigenvalue weighted by Gasteiger charge is 2.33. The Hall–Kier alpha value is -4.29. The fourth-order valence-electron chi connectivity index (χ4n) is 10.3. The molecule has 17 N–H and O–H groups in total. The van der Waals surface area contributed by atoms with Crippen molar-refractivity contribution in [2.75, 3.05) is 57.4 Å². The van der Waals surface area contributed by atoms with E-state index in [1.165, 1.54) is 134 Å². The van der Waals surface area contributed by atoms with Crippen LogP contribution in [0.2, 0.25) is 0 Å². The first kappa shape index (κ1) is 83.7. The maximum atomic E-state index is 14.2. The van der Waals surface area contributed by atoms with Gasteiger partial charge in [0.05, 0.1) is 13.2 Å². The Bertz CT molecular complexity index is 1790. The molecule has 0 aliphatic heterocycles. The Balaban J connectivity index is 5.91. The number of carbonyl (C=O) groups is 8. The highest BCUT2D eigenvalue weighted by Crippen LogP contribution is 2.16. The summed E-state index contributed by atoms with van der Waals surface area (Å²) in [5.74, 6) is -4.94. The van der Waals surface area contributed by atoms with E-state index in [2.05, 4.69) is 51.1 Å². The van der Waals surface area contributed by atoms with Crippen LogP contribution < -0.4 is 60.2 Å². The minimum atomic E-state index is -1.56. The molecule has 6 atom stereocenters. The maximum absolute atomic E-state index is 14.2. The summed E-state index contributed by atoms with van der Waals surface area (Å²) >= 11 is 1.30. The lowest BCUT2D eigenvalue weighted by Gasteiger charge is -2.27. The number of aliphatic carboxylic acids is 1. The molecule has 0 aliphatic rings. The van der Waals surface area contributed by atoms with Gasteiger partial charge in [0.15, 0.2) is 0 Å². The molecule has 0 bridgehead atoms. The van der Waals surface area contributed by atoms with Crippen molar-refractivity contribution >= 4 is 59.3 Å². The summed E-state index contributed by atoms with van der Waals surface area (Å²) in [4.78, 5) is 108. The molecule has 0 aliphatic carbocycles. The molecule has 88 heavy (non-hydrogen) atoms. The number of nitrogens with one attached hydrogen (secondary N) is 7. The minimum absolute atomic E-state index is 0.0679. The molecule has 23 heteroatoms. The van der Waals surface area contributed by atoms with Crippen molar-refractivity contribution in [3.05, 3.63) is 0 Å².